The maximum absolute atomic E-state index is 8.52. The standard InChI is InChI=1S/2CH4.2Li.H2O4S.O2S.2O2Si/c;;;;1-5(2,3)4;3*1-3-2/h2*1H4;;;(H2,1,2,3,4);;;/q;;2*+1;;;;/p-2. The summed E-state index contributed by atoms with van der Waals surface area (Å²) >= 11 is -0.750. The third-order valence-corrected chi connectivity index (χ3v) is 0. The average Bonchev–Trinajstić information content (AvgIpc) is 1.86. The van der Waals surface area contributed by atoms with Gasteiger partial charge >= 0.3 is 67.9 Å². The van der Waals surface area contributed by atoms with Crippen molar-refractivity contribution in [2.24, 2.45) is 0 Å². The van der Waals surface area contributed by atoms with E-state index in [4.69, 9.17) is 43.8 Å². The van der Waals surface area contributed by atoms with Crippen LogP contribution in [-0.4, -0.2) is 44.5 Å². The molecule has 0 rings (SSSR count). The van der Waals surface area contributed by atoms with Gasteiger partial charge in [0.2, 0.25) is 0 Å². The van der Waals surface area contributed by atoms with Gasteiger partial charge in [0, 0.05) is 10.4 Å². The van der Waals surface area contributed by atoms with Crippen LogP contribution in [0.4, 0.5) is 0 Å². The van der Waals surface area contributed by atoms with Gasteiger partial charge < -0.3 is 9.11 Å². The molecule has 0 aromatic rings. The third-order valence-electron chi connectivity index (χ3n) is 0. The fraction of sp³-hybridized carbons (Fsp3) is 1.00. The molecule has 0 fully saturated rings. The number of rotatable bonds is 0. The second-order valence-electron chi connectivity index (χ2n) is 0.643. The zero-order valence-electron chi connectivity index (χ0n) is 7.90. The van der Waals surface area contributed by atoms with Crippen molar-refractivity contribution in [3.8, 4) is 0 Å². The molecule has 0 aromatic carbocycles. The molecule has 0 aliphatic rings. The van der Waals surface area contributed by atoms with Crippen LogP contribution in [0.25, 0.3) is 0 Å². The van der Waals surface area contributed by atoms with E-state index in [1.54, 1.807) is 0 Å². The first kappa shape index (κ1) is 51.4. The van der Waals surface area contributed by atoms with Crippen molar-refractivity contribution in [1.82, 2.24) is 0 Å². The molecule has 18 heavy (non-hydrogen) atoms. The molecule has 0 aromatic heterocycles. The van der Waals surface area contributed by atoms with Gasteiger partial charge in [-0.1, -0.05) is 14.9 Å². The first-order valence-electron chi connectivity index (χ1n) is 1.82. The SMILES string of the molecule is C.C.O=S(=O)([O-])[O-].O=S=O.O=[Si]=O.O=[Si]=O.[Li+].[Li+]. The normalized spacial score (nSPS) is 4.78. The largest absolute Gasteiger partial charge is 1.00 e. The quantitative estimate of drug-likeness (QED) is 0.235. The first-order chi connectivity index (χ1) is 6.24. The fourth-order valence-corrected chi connectivity index (χ4v) is 0. The molecule has 0 saturated carbocycles. The van der Waals surface area contributed by atoms with Gasteiger partial charge in [-0.3, -0.25) is 26.3 Å². The topological polar surface area (TPSA) is 183 Å². The van der Waals surface area contributed by atoms with E-state index >= 15 is 0 Å². The second kappa shape index (κ2) is 52.8. The molecule has 0 saturated heterocycles. The maximum atomic E-state index is 8.52. The Labute approximate surface area is 136 Å². The molecule has 0 aliphatic carbocycles. The molecule has 0 heterocycles. The summed E-state index contributed by atoms with van der Waals surface area (Å²) in [5, 5.41) is 0. The van der Waals surface area contributed by atoms with Crippen molar-refractivity contribution in [2.75, 3.05) is 0 Å². The molecule has 16 heteroatoms. The molecule has 0 unspecified atom stereocenters. The van der Waals surface area contributed by atoms with E-state index in [-0.39, 0.29) is 52.6 Å². The predicted molar refractivity (Wildman–Crippen MR) is 47.1 cm³/mol. The fourth-order valence-electron chi connectivity index (χ4n) is 0. The van der Waals surface area contributed by atoms with Gasteiger partial charge in [0.25, 0.3) is 0 Å². The van der Waals surface area contributed by atoms with E-state index in [1.165, 1.54) is 0 Å². The van der Waals surface area contributed by atoms with Gasteiger partial charge in [-0.2, -0.15) is 8.42 Å². The number of hydrogen-bond acceptors (Lipinski definition) is 10. The monoisotopic (exact) mass is 326 g/mol. The van der Waals surface area contributed by atoms with Crippen LogP contribution >= 0.6 is 0 Å². The van der Waals surface area contributed by atoms with E-state index in [1.807, 2.05) is 0 Å². The Morgan fingerprint density at radius 2 is 0.778 bits per heavy atom. The average molecular weight is 326 g/mol. The minimum Gasteiger partial charge on any atom is -0.759 e. The van der Waals surface area contributed by atoms with E-state index in [2.05, 4.69) is 0 Å². The minimum atomic E-state index is -5.17. The second-order valence-corrected chi connectivity index (χ2v) is 1.93. The van der Waals surface area contributed by atoms with Crippen LogP contribution in [0.3, 0.4) is 0 Å². The van der Waals surface area contributed by atoms with Gasteiger partial charge in [0.1, 0.15) is 0 Å². The van der Waals surface area contributed by atoms with Gasteiger partial charge in [-0.05, 0) is 0 Å². The molecular weight excluding hydrogens is 318 g/mol. The first-order valence-corrected chi connectivity index (χ1v) is 5.45. The molecule has 0 spiro atoms. The molecule has 0 radical (unpaired) electrons. The molecule has 0 atom stereocenters. The van der Waals surface area contributed by atoms with Crippen molar-refractivity contribution in [1.29, 1.82) is 0 Å². The minimum absolute atomic E-state index is 0. The van der Waals surface area contributed by atoms with Gasteiger partial charge in [-0.15, -0.1) is 0 Å². The van der Waals surface area contributed by atoms with E-state index in [0.29, 0.717) is 0 Å². The Kier molecular flexibility index (Phi) is 151. The van der Waals surface area contributed by atoms with Crippen LogP contribution in [0, 0.1) is 0 Å². The van der Waals surface area contributed by atoms with Crippen LogP contribution in [0.1, 0.15) is 14.9 Å². The Bertz CT molecular complexity index is 274. The van der Waals surface area contributed by atoms with Crippen LogP contribution in [0.15, 0.2) is 0 Å². The van der Waals surface area contributed by atoms with Gasteiger partial charge in [0.05, 0.1) is 0 Å². The van der Waals surface area contributed by atoms with Crippen molar-refractivity contribution in [3.63, 3.8) is 0 Å². The Hall–Kier alpha value is 0.519. The Morgan fingerprint density at radius 1 is 0.778 bits per heavy atom. The maximum Gasteiger partial charge on any atom is 1.00 e. The summed E-state index contributed by atoms with van der Waals surface area (Å²) < 4.78 is 84.3. The van der Waals surface area contributed by atoms with E-state index < -0.39 is 40.6 Å². The summed E-state index contributed by atoms with van der Waals surface area (Å²) in [5.41, 5.74) is 0. The van der Waals surface area contributed by atoms with Crippen LogP contribution in [-0.2, 0) is 39.8 Å². The summed E-state index contributed by atoms with van der Waals surface area (Å²) in [4.78, 5) is 0. The van der Waals surface area contributed by atoms with Crippen molar-refractivity contribution < 1.29 is 81.5 Å². The summed E-state index contributed by atoms with van der Waals surface area (Å²) in [5.74, 6) is 0. The smallest absolute Gasteiger partial charge is 0.759 e. The van der Waals surface area contributed by atoms with Crippen LogP contribution < -0.4 is 37.7 Å². The van der Waals surface area contributed by atoms with Crippen molar-refractivity contribution in [2.45, 2.75) is 14.9 Å². The molecule has 10 nitrogen and oxygen atoms in total. The van der Waals surface area contributed by atoms with Gasteiger partial charge in [0.15, 0.2) is 0 Å². The van der Waals surface area contributed by atoms with E-state index in [0.717, 1.165) is 0 Å². The van der Waals surface area contributed by atoms with Crippen molar-refractivity contribution >= 4 is 40.6 Å². The zero-order valence-corrected chi connectivity index (χ0v) is 11.5. The zero-order chi connectivity index (χ0) is 12.6. The number of hydrogen-bond donors (Lipinski definition) is 0. The summed E-state index contributed by atoms with van der Waals surface area (Å²) in [6, 6.07) is 0. The van der Waals surface area contributed by atoms with Crippen LogP contribution in [0.2, 0.25) is 0 Å². The molecule has 0 aliphatic heterocycles. The van der Waals surface area contributed by atoms with E-state index in [9.17, 15) is 0 Å². The summed E-state index contributed by atoms with van der Waals surface area (Å²) in [6.45, 7) is 0. The molecule has 98 valence electrons. The summed E-state index contributed by atoms with van der Waals surface area (Å²) in [7, 11) is -8.00. The molecule has 0 N–H and O–H groups in total. The molecule has 0 amide bonds. The van der Waals surface area contributed by atoms with Crippen molar-refractivity contribution in [3.05, 3.63) is 0 Å². The Balaban J connectivity index is -0.0000000118. The molecule has 0 bridgehead atoms. The van der Waals surface area contributed by atoms with Gasteiger partial charge in [-0.25, -0.2) is 0 Å². The third kappa shape index (κ3) is 14800. The van der Waals surface area contributed by atoms with Crippen LogP contribution in [0.5, 0.6) is 0 Å². The Morgan fingerprint density at radius 3 is 0.778 bits per heavy atom. The summed E-state index contributed by atoms with van der Waals surface area (Å²) in [6.07, 6.45) is 0. The predicted octanol–water partition coefficient (Wildman–Crippen LogP) is -7.96. The molecular formula is C2H8Li2O10S2Si2.